The molecule has 0 aliphatic rings. The number of pyridine rings is 3. The Hall–Kier alpha value is -4.00. The van der Waals surface area contributed by atoms with E-state index in [9.17, 15) is 4.79 Å². The first kappa shape index (κ1) is 18.1. The summed E-state index contributed by atoms with van der Waals surface area (Å²) in [6.45, 7) is 0. The molecule has 1 N–H and O–H groups in total. The molecule has 4 aromatic heterocycles. The van der Waals surface area contributed by atoms with Gasteiger partial charge in [-0.15, -0.1) is 0 Å². The molecule has 0 spiro atoms. The van der Waals surface area contributed by atoms with Crippen LogP contribution in [0.3, 0.4) is 0 Å². The number of benzene rings is 1. The first-order chi connectivity index (χ1) is 14.7. The van der Waals surface area contributed by atoms with Crippen molar-refractivity contribution in [2.24, 2.45) is 0 Å². The molecule has 1 amide bonds. The van der Waals surface area contributed by atoms with Crippen molar-refractivity contribution in [2.45, 2.75) is 6.42 Å². The van der Waals surface area contributed by atoms with Crippen LogP contribution in [0.15, 0.2) is 79.4 Å². The highest BCUT2D eigenvalue weighted by molar-refractivity contribution is 6.31. The molecule has 1 aromatic carbocycles. The number of anilines is 1. The zero-order chi connectivity index (χ0) is 20.5. The highest BCUT2D eigenvalue weighted by atomic mass is 16.1. The second-order valence-corrected chi connectivity index (χ2v) is 6.94. The molecule has 0 bridgehead atoms. The van der Waals surface area contributed by atoms with Crippen LogP contribution in [0.5, 0.6) is 0 Å². The van der Waals surface area contributed by atoms with Crippen LogP contribution in [0.25, 0.3) is 16.3 Å². The van der Waals surface area contributed by atoms with E-state index in [0.29, 0.717) is 34.7 Å². The first-order valence-corrected chi connectivity index (χ1v) is 9.49. The van der Waals surface area contributed by atoms with Gasteiger partial charge in [0.15, 0.2) is 5.69 Å². The van der Waals surface area contributed by atoms with Crippen LogP contribution >= 0.6 is 0 Å². The number of aromatic nitrogens is 4. The fourth-order valence-corrected chi connectivity index (χ4v) is 3.62. The van der Waals surface area contributed by atoms with Gasteiger partial charge in [0.05, 0.1) is 5.52 Å². The van der Waals surface area contributed by atoms with Gasteiger partial charge in [-0.3, -0.25) is 14.8 Å². The Balaban J connectivity index is 1.57. The second-order valence-electron chi connectivity index (χ2n) is 6.94. The normalized spacial score (nSPS) is 11.1. The van der Waals surface area contributed by atoms with E-state index in [1.807, 2.05) is 52.9 Å². The van der Waals surface area contributed by atoms with Crippen LogP contribution in [0.2, 0.25) is 0 Å². The molecule has 5 rings (SSSR count). The second kappa shape index (κ2) is 7.44. The predicted molar refractivity (Wildman–Crippen MR) is 117 cm³/mol. The van der Waals surface area contributed by atoms with Gasteiger partial charge in [0.2, 0.25) is 0 Å². The topological polar surface area (TPSA) is 72.2 Å². The van der Waals surface area contributed by atoms with Crippen LogP contribution in [-0.2, 0) is 6.42 Å². The van der Waals surface area contributed by atoms with Gasteiger partial charge in [-0.1, -0.05) is 24.3 Å². The van der Waals surface area contributed by atoms with E-state index in [1.54, 1.807) is 30.9 Å². The van der Waals surface area contributed by atoms with Gasteiger partial charge in [-0.25, -0.2) is 4.98 Å². The minimum absolute atomic E-state index is 0.289. The molecule has 0 unspecified atom stereocenters. The minimum atomic E-state index is -0.289. The van der Waals surface area contributed by atoms with Crippen molar-refractivity contribution >= 4 is 41.3 Å². The standard InChI is InChI=1S/C23H16BN5O/c24-20-6-2-5-19-22(28-21(29(19)20)13-15-7-10-25-11-8-15)23(30)27-18-4-1-3-16-14-26-12-9-17(16)18/h1-12,14H,13H2,(H,27,30). The van der Waals surface area contributed by atoms with Crippen molar-refractivity contribution in [3.8, 4) is 0 Å². The summed E-state index contributed by atoms with van der Waals surface area (Å²) in [6.07, 6.45) is 7.47. The third-order valence-electron chi connectivity index (χ3n) is 5.02. The highest BCUT2D eigenvalue weighted by Gasteiger charge is 2.19. The Morgan fingerprint density at radius 1 is 0.967 bits per heavy atom. The Morgan fingerprint density at radius 2 is 1.77 bits per heavy atom. The van der Waals surface area contributed by atoms with Crippen molar-refractivity contribution < 1.29 is 4.79 Å². The van der Waals surface area contributed by atoms with Crippen molar-refractivity contribution in [2.75, 3.05) is 5.32 Å². The number of rotatable bonds is 4. The quantitative estimate of drug-likeness (QED) is 0.480. The van der Waals surface area contributed by atoms with Crippen molar-refractivity contribution in [1.29, 1.82) is 0 Å². The number of imidazole rings is 1. The summed E-state index contributed by atoms with van der Waals surface area (Å²) in [5, 5.41) is 4.87. The number of nitrogens with one attached hydrogen (secondary N) is 1. The summed E-state index contributed by atoms with van der Waals surface area (Å²) >= 11 is 0. The van der Waals surface area contributed by atoms with E-state index in [-0.39, 0.29) is 5.91 Å². The summed E-state index contributed by atoms with van der Waals surface area (Å²) in [6, 6.07) is 16.9. The summed E-state index contributed by atoms with van der Waals surface area (Å²) in [4.78, 5) is 26.0. The van der Waals surface area contributed by atoms with Gasteiger partial charge in [0.1, 0.15) is 13.7 Å². The maximum absolute atomic E-state index is 13.2. The molecule has 0 aliphatic carbocycles. The Kier molecular flexibility index (Phi) is 4.48. The van der Waals surface area contributed by atoms with Gasteiger partial charge in [-0.05, 0) is 41.5 Å². The lowest BCUT2D eigenvalue weighted by molar-refractivity contribution is 0.102. The Morgan fingerprint density at radius 3 is 2.63 bits per heavy atom. The number of hydrogen-bond donors (Lipinski definition) is 1. The zero-order valence-electron chi connectivity index (χ0n) is 16.0. The molecule has 30 heavy (non-hydrogen) atoms. The molecule has 0 saturated heterocycles. The Bertz CT molecular complexity index is 1380. The van der Waals surface area contributed by atoms with Crippen LogP contribution < -0.4 is 10.9 Å². The molecule has 4 heterocycles. The molecular formula is C23H16BN5O. The SMILES string of the molecule is [B]c1cccc2c(C(=O)Nc3cccc4cnccc34)nc(Cc3ccncc3)n12. The number of carbonyl (C=O) groups is 1. The summed E-state index contributed by atoms with van der Waals surface area (Å²) in [5.41, 5.74) is 3.27. The molecule has 0 saturated carbocycles. The van der Waals surface area contributed by atoms with Crippen molar-refractivity contribution in [1.82, 2.24) is 19.4 Å². The molecule has 0 fully saturated rings. The fourth-order valence-electron chi connectivity index (χ4n) is 3.62. The molecule has 142 valence electrons. The molecule has 2 radical (unpaired) electrons. The van der Waals surface area contributed by atoms with E-state index in [4.69, 9.17) is 7.85 Å². The smallest absolute Gasteiger partial charge is 0.276 e. The number of amides is 1. The molecule has 0 atom stereocenters. The summed E-state index contributed by atoms with van der Waals surface area (Å²) in [5.74, 6) is 0.407. The lowest BCUT2D eigenvalue weighted by Crippen LogP contribution is -2.16. The average Bonchev–Trinajstić information content (AvgIpc) is 3.14. The van der Waals surface area contributed by atoms with Gasteiger partial charge in [-0.2, -0.15) is 0 Å². The largest absolute Gasteiger partial charge is 0.320 e. The zero-order valence-corrected chi connectivity index (χ0v) is 16.0. The number of nitrogens with zero attached hydrogens (tertiary/aromatic N) is 4. The minimum Gasteiger partial charge on any atom is -0.320 e. The van der Waals surface area contributed by atoms with Crippen LogP contribution in [0.1, 0.15) is 21.9 Å². The maximum atomic E-state index is 13.2. The maximum Gasteiger partial charge on any atom is 0.276 e. The van der Waals surface area contributed by atoms with Gasteiger partial charge < -0.3 is 9.72 Å². The van der Waals surface area contributed by atoms with Crippen molar-refractivity contribution in [3.05, 3.63) is 96.5 Å². The number of carbonyl (C=O) groups excluding carboxylic acids is 1. The third kappa shape index (κ3) is 3.20. The molecule has 5 aromatic rings. The first-order valence-electron chi connectivity index (χ1n) is 9.49. The Labute approximate surface area is 174 Å². The number of fused-ring (bicyclic) bond motifs is 2. The van der Waals surface area contributed by atoms with E-state index < -0.39 is 0 Å². The fraction of sp³-hybridized carbons (Fsp3) is 0.0435. The highest BCUT2D eigenvalue weighted by Crippen LogP contribution is 2.23. The van der Waals surface area contributed by atoms with Gasteiger partial charge in [0, 0.05) is 47.7 Å². The molecular weight excluding hydrogens is 373 g/mol. The van der Waals surface area contributed by atoms with Gasteiger partial charge in [0.25, 0.3) is 5.91 Å². The molecule has 0 aliphatic heterocycles. The summed E-state index contributed by atoms with van der Waals surface area (Å²) in [7, 11) is 6.22. The van der Waals surface area contributed by atoms with E-state index in [2.05, 4.69) is 20.3 Å². The number of hydrogen-bond acceptors (Lipinski definition) is 4. The van der Waals surface area contributed by atoms with Gasteiger partial charge >= 0.3 is 0 Å². The van der Waals surface area contributed by atoms with Crippen LogP contribution in [0.4, 0.5) is 5.69 Å². The van der Waals surface area contributed by atoms with Crippen LogP contribution in [0, 0.1) is 0 Å². The lowest BCUT2D eigenvalue weighted by Gasteiger charge is -2.08. The summed E-state index contributed by atoms with van der Waals surface area (Å²) < 4.78 is 1.82. The van der Waals surface area contributed by atoms with E-state index in [1.165, 1.54) is 0 Å². The molecule has 7 heteroatoms. The van der Waals surface area contributed by atoms with E-state index in [0.717, 1.165) is 16.3 Å². The van der Waals surface area contributed by atoms with Crippen molar-refractivity contribution in [3.63, 3.8) is 0 Å². The molecule has 6 nitrogen and oxygen atoms in total. The third-order valence-corrected chi connectivity index (χ3v) is 5.02. The predicted octanol–water partition coefficient (Wildman–Crippen LogP) is 2.91. The average molecular weight is 389 g/mol. The van der Waals surface area contributed by atoms with Crippen LogP contribution in [-0.4, -0.2) is 33.1 Å². The lowest BCUT2D eigenvalue weighted by atomic mass is 10.0. The van der Waals surface area contributed by atoms with E-state index >= 15 is 0 Å². The monoisotopic (exact) mass is 389 g/mol.